The van der Waals surface area contributed by atoms with E-state index in [0.29, 0.717) is 31.6 Å². The van der Waals surface area contributed by atoms with E-state index in [1.807, 2.05) is 36.5 Å². The Morgan fingerprint density at radius 2 is 1.90 bits per heavy atom. The molecule has 0 saturated carbocycles. The number of piperidine rings is 1. The third-order valence-electron chi connectivity index (χ3n) is 5.74. The number of aromatic nitrogens is 2. The van der Waals surface area contributed by atoms with Crippen molar-refractivity contribution in [3.8, 4) is 11.1 Å². The number of benzene rings is 1. The van der Waals surface area contributed by atoms with Gasteiger partial charge in [0.05, 0.1) is 5.41 Å². The third-order valence-corrected chi connectivity index (χ3v) is 5.74. The zero-order valence-corrected chi connectivity index (χ0v) is 16.7. The zero-order valence-electron chi connectivity index (χ0n) is 16.7. The molecule has 1 saturated heterocycles. The van der Waals surface area contributed by atoms with E-state index in [-0.39, 0.29) is 11.8 Å². The summed E-state index contributed by atoms with van der Waals surface area (Å²) in [6.07, 6.45) is 7.03. The van der Waals surface area contributed by atoms with Crippen LogP contribution in [0.1, 0.15) is 28.9 Å². The highest BCUT2D eigenvalue weighted by Crippen LogP contribution is 2.35. The van der Waals surface area contributed by atoms with Crippen LogP contribution in [0.15, 0.2) is 73.2 Å². The quantitative estimate of drug-likeness (QED) is 0.713. The standard InChI is InChI=1S/C24H24N4O2/c25-23(30)24(10-5-13-28(17-24)22(29)21-9-1-2-12-27-21)15-18-6-3-7-19(14-18)20-8-4-11-26-16-20/h1-4,6-9,11-12,14,16H,5,10,13,15,17H2,(H2,25,30)/t24-/m0/s1. The molecule has 152 valence electrons. The minimum absolute atomic E-state index is 0.162. The summed E-state index contributed by atoms with van der Waals surface area (Å²) in [6.45, 7) is 0.898. The molecule has 4 rings (SSSR count). The van der Waals surface area contributed by atoms with Crippen LogP contribution in [0.3, 0.4) is 0 Å². The number of carbonyl (C=O) groups excluding carboxylic acids is 2. The number of likely N-dealkylation sites (tertiary alicyclic amines) is 1. The van der Waals surface area contributed by atoms with Crippen molar-refractivity contribution in [1.29, 1.82) is 0 Å². The van der Waals surface area contributed by atoms with Gasteiger partial charge in [0.15, 0.2) is 0 Å². The monoisotopic (exact) mass is 400 g/mol. The van der Waals surface area contributed by atoms with Gasteiger partial charge in [-0.1, -0.05) is 36.4 Å². The Bertz CT molecular complexity index is 1040. The normalized spacial score (nSPS) is 18.7. The molecule has 6 nitrogen and oxygen atoms in total. The summed E-state index contributed by atoms with van der Waals surface area (Å²) in [5.74, 6) is -0.530. The molecule has 2 aromatic heterocycles. The number of hydrogen-bond acceptors (Lipinski definition) is 4. The molecule has 3 aromatic rings. The number of carbonyl (C=O) groups is 2. The van der Waals surface area contributed by atoms with Crippen molar-refractivity contribution in [2.75, 3.05) is 13.1 Å². The fraction of sp³-hybridized carbons (Fsp3) is 0.250. The second kappa shape index (κ2) is 8.45. The Kier molecular flexibility index (Phi) is 5.57. The van der Waals surface area contributed by atoms with E-state index in [9.17, 15) is 9.59 Å². The number of hydrogen-bond donors (Lipinski definition) is 1. The first-order valence-corrected chi connectivity index (χ1v) is 10.1. The van der Waals surface area contributed by atoms with E-state index in [1.54, 1.807) is 35.5 Å². The molecular weight excluding hydrogens is 376 g/mol. The van der Waals surface area contributed by atoms with E-state index in [0.717, 1.165) is 23.1 Å². The molecule has 1 aromatic carbocycles. The molecule has 0 unspecified atom stereocenters. The number of amides is 2. The van der Waals surface area contributed by atoms with Gasteiger partial charge in [-0.15, -0.1) is 0 Å². The minimum Gasteiger partial charge on any atom is -0.369 e. The Hall–Kier alpha value is -3.54. The van der Waals surface area contributed by atoms with Crippen molar-refractivity contribution in [3.63, 3.8) is 0 Å². The molecular formula is C24H24N4O2. The predicted molar refractivity (Wildman–Crippen MR) is 114 cm³/mol. The average molecular weight is 400 g/mol. The number of pyridine rings is 2. The van der Waals surface area contributed by atoms with Gasteiger partial charge in [0.25, 0.3) is 5.91 Å². The molecule has 2 N–H and O–H groups in total. The molecule has 0 spiro atoms. The summed E-state index contributed by atoms with van der Waals surface area (Å²) in [4.78, 5) is 35.6. The van der Waals surface area contributed by atoms with Crippen LogP contribution in [0, 0.1) is 5.41 Å². The number of nitrogens with two attached hydrogens (primary N) is 1. The zero-order chi connectivity index (χ0) is 21.0. The Labute approximate surface area is 175 Å². The maximum absolute atomic E-state index is 12.9. The molecule has 3 heterocycles. The third kappa shape index (κ3) is 4.08. The van der Waals surface area contributed by atoms with Crippen LogP contribution in [0.4, 0.5) is 0 Å². The van der Waals surface area contributed by atoms with Gasteiger partial charge in [0.2, 0.25) is 5.91 Å². The van der Waals surface area contributed by atoms with E-state index < -0.39 is 5.41 Å². The SMILES string of the molecule is NC(=O)[C@]1(Cc2cccc(-c3cccnc3)c2)CCCN(C(=O)c2ccccn2)C1. The molecule has 1 fully saturated rings. The summed E-state index contributed by atoms with van der Waals surface area (Å²) in [6, 6.07) is 17.2. The van der Waals surface area contributed by atoms with Crippen LogP contribution >= 0.6 is 0 Å². The lowest BCUT2D eigenvalue weighted by Gasteiger charge is -2.40. The maximum Gasteiger partial charge on any atom is 0.272 e. The maximum atomic E-state index is 12.9. The van der Waals surface area contributed by atoms with Gasteiger partial charge in [-0.25, -0.2) is 0 Å². The van der Waals surface area contributed by atoms with Crippen molar-refractivity contribution in [2.24, 2.45) is 11.1 Å². The highest BCUT2D eigenvalue weighted by Gasteiger charge is 2.42. The van der Waals surface area contributed by atoms with Crippen molar-refractivity contribution < 1.29 is 9.59 Å². The fourth-order valence-electron chi connectivity index (χ4n) is 4.17. The predicted octanol–water partition coefficient (Wildman–Crippen LogP) is 3.09. The van der Waals surface area contributed by atoms with Crippen LogP contribution in [-0.4, -0.2) is 39.8 Å². The Morgan fingerprint density at radius 1 is 1.03 bits per heavy atom. The van der Waals surface area contributed by atoms with E-state index >= 15 is 0 Å². The molecule has 1 atom stereocenters. The van der Waals surface area contributed by atoms with Crippen molar-refractivity contribution in [1.82, 2.24) is 14.9 Å². The summed E-state index contributed by atoms with van der Waals surface area (Å²) < 4.78 is 0. The van der Waals surface area contributed by atoms with Crippen molar-refractivity contribution in [2.45, 2.75) is 19.3 Å². The lowest BCUT2D eigenvalue weighted by Crippen LogP contribution is -2.53. The minimum atomic E-state index is -0.795. The summed E-state index contributed by atoms with van der Waals surface area (Å²) >= 11 is 0. The van der Waals surface area contributed by atoms with E-state index in [2.05, 4.69) is 16.0 Å². The largest absolute Gasteiger partial charge is 0.369 e. The van der Waals surface area contributed by atoms with E-state index in [4.69, 9.17) is 5.73 Å². The van der Waals surface area contributed by atoms with Gasteiger partial charge in [0.1, 0.15) is 5.69 Å². The number of rotatable bonds is 5. The number of nitrogens with zero attached hydrogens (tertiary/aromatic N) is 3. The molecule has 1 aliphatic rings. The first-order valence-electron chi connectivity index (χ1n) is 10.1. The molecule has 0 aliphatic carbocycles. The summed E-state index contributed by atoms with van der Waals surface area (Å²) in [7, 11) is 0. The van der Waals surface area contributed by atoms with Crippen LogP contribution in [-0.2, 0) is 11.2 Å². The van der Waals surface area contributed by atoms with Crippen LogP contribution in [0.5, 0.6) is 0 Å². The molecule has 30 heavy (non-hydrogen) atoms. The fourth-order valence-corrected chi connectivity index (χ4v) is 4.17. The van der Waals surface area contributed by atoms with Crippen LogP contribution in [0.25, 0.3) is 11.1 Å². The summed E-state index contributed by atoms with van der Waals surface area (Å²) in [5.41, 5.74) is 8.56. The lowest BCUT2D eigenvalue weighted by atomic mass is 9.74. The van der Waals surface area contributed by atoms with Gasteiger partial charge in [-0.05, 0) is 54.2 Å². The molecule has 2 amide bonds. The van der Waals surface area contributed by atoms with Crippen molar-refractivity contribution >= 4 is 11.8 Å². The Morgan fingerprint density at radius 3 is 2.63 bits per heavy atom. The second-order valence-electron chi connectivity index (χ2n) is 7.81. The van der Waals surface area contributed by atoms with Gasteiger partial charge >= 0.3 is 0 Å². The van der Waals surface area contributed by atoms with Gasteiger partial charge in [0, 0.05) is 31.7 Å². The first-order chi connectivity index (χ1) is 14.6. The van der Waals surface area contributed by atoms with Gasteiger partial charge in [-0.2, -0.15) is 0 Å². The van der Waals surface area contributed by atoms with Gasteiger partial charge in [-0.3, -0.25) is 19.6 Å². The second-order valence-corrected chi connectivity index (χ2v) is 7.81. The van der Waals surface area contributed by atoms with Crippen LogP contribution in [0.2, 0.25) is 0 Å². The van der Waals surface area contributed by atoms with Gasteiger partial charge < -0.3 is 10.6 Å². The number of primary amides is 1. The van der Waals surface area contributed by atoms with Crippen LogP contribution < -0.4 is 5.73 Å². The summed E-state index contributed by atoms with van der Waals surface area (Å²) in [5, 5.41) is 0. The molecule has 0 bridgehead atoms. The molecule has 6 heteroatoms. The van der Waals surface area contributed by atoms with Crippen molar-refractivity contribution in [3.05, 3.63) is 84.4 Å². The highest BCUT2D eigenvalue weighted by molar-refractivity contribution is 5.93. The highest BCUT2D eigenvalue weighted by atomic mass is 16.2. The lowest BCUT2D eigenvalue weighted by molar-refractivity contribution is -0.130. The molecule has 1 aliphatic heterocycles. The average Bonchev–Trinajstić information content (AvgIpc) is 2.80. The topological polar surface area (TPSA) is 89.2 Å². The first kappa shape index (κ1) is 19.8. The smallest absolute Gasteiger partial charge is 0.272 e. The van der Waals surface area contributed by atoms with E-state index in [1.165, 1.54) is 0 Å². The Balaban J connectivity index is 1.59. The molecule has 0 radical (unpaired) electrons.